The van der Waals surface area contributed by atoms with E-state index in [9.17, 15) is 28.1 Å². The van der Waals surface area contributed by atoms with Crippen LogP contribution in [0.3, 0.4) is 0 Å². The molecule has 2 atom stereocenters. The number of benzene rings is 2. The number of anilines is 1. The topological polar surface area (TPSA) is 139 Å². The molecule has 0 radical (unpaired) electrons. The fourth-order valence-electron chi connectivity index (χ4n) is 3.75. The second-order valence-electron chi connectivity index (χ2n) is 8.74. The third-order valence-electron chi connectivity index (χ3n) is 6.01. The summed E-state index contributed by atoms with van der Waals surface area (Å²) in [6, 6.07) is 9.20. The third-order valence-corrected chi connectivity index (χ3v) is 7.50. The van der Waals surface area contributed by atoms with Crippen LogP contribution >= 0.6 is 11.6 Å². The van der Waals surface area contributed by atoms with Gasteiger partial charge in [0, 0.05) is 29.7 Å². The molecule has 0 aliphatic heterocycles. The van der Waals surface area contributed by atoms with Gasteiger partial charge in [0.05, 0.1) is 18.3 Å². The van der Waals surface area contributed by atoms with Crippen LogP contribution in [-0.4, -0.2) is 62.0 Å². The van der Waals surface area contributed by atoms with Gasteiger partial charge in [0.2, 0.25) is 21.8 Å². The summed E-state index contributed by atoms with van der Waals surface area (Å²) in [6.07, 6.45) is 1.80. The van der Waals surface area contributed by atoms with Gasteiger partial charge in [0.1, 0.15) is 24.0 Å². The molecule has 2 aromatic rings. The predicted octanol–water partition coefficient (Wildman–Crippen LogP) is 3.74. The number of nitrogens with one attached hydrogen (secondary N) is 1. The average molecular weight is 569 g/mol. The summed E-state index contributed by atoms with van der Waals surface area (Å²) >= 11 is 6.34. The van der Waals surface area contributed by atoms with Crippen LogP contribution in [0.1, 0.15) is 39.2 Å². The number of ether oxygens (including phenoxy) is 1. The van der Waals surface area contributed by atoms with Gasteiger partial charge < -0.3 is 15.0 Å². The van der Waals surface area contributed by atoms with Crippen molar-refractivity contribution < 1.29 is 27.7 Å². The smallest absolute Gasteiger partial charge is 0.271 e. The first kappa shape index (κ1) is 30.8. The molecule has 0 aliphatic rings. The van der Waals surface area contributed by atoms with Gasteiger partial charge in [0.25, 0.3) is 5.69 Å². The number of rotatable bonds is 13. The third kappa shape index (κ3) is 7.81. The number of nitro benzene ring substituents is 1. The van der Waals surface area contributed by atoms with Gasteiger partial charge >= 0.3 is 0 Å². The molecule has 0 aromatic heterocycles. The molecule has 0 spiro atoms. The quantitative estimate of drug-likeness (QED) is 0.287. The Morgan fingerprint density at radius 2 is 1.82 bits per heavy atom. The van der Waals surface area contributed by atoms with Crippen LogP contribution in [0.25, 0.3) is 0 Å². The first-order valence-electron chi connectivity index (χ1n) is 12.0. The largest absolute Gasteiger partial charge is 0.495 e. The zero-order valence-corrected chi connectivity index (χ0v) is 23.6. The number of nitro groups is 1. The van der Waals surface area contributed by atoms with Gasteiger partial charge in [-0.15, -0.1) is 0 Å². The zero-order chi connectivity index (χ0) is 28.6. The van der Waals surface area contributed by atoms with Crippen LogP contribution in [-0.2, 0) is 26.2 Å². The van der Waals surface area contributed by atoms with Crippen molar-refractivity contribution in [2.75, 3.05) is 24.2 Å². The van der Waals surface area contributed by atoms with Crippen molar-refractivity contribution in [2.24, 2.45) is 0 Å². The van der Waals surface area contributed by atoms with Crippen molar-refractivity contribution in [3.63, 3.8) is 0 Å². The lowest BCUT2D eigenvalue weighted by atomic mass is 10.1. The Kier molecular flexibility index (Phi) is 10.9. The molecule has 1 N–H and O–H groups in total. The number of carbonyl (C=O) groups is 2. The minimum atomic E-state index is -4.12. The number of amides is 2. The summed E-state index contributed by atoms with van der Waals surface area (Å²) in [6.45, 7) is 4.70. The van der Waals surface area contributed by atoms with Crippen molar-refractivity contribution in [2.45, 2.75) is 52.2 Å². The van der Waals surface area contributed by atoms with Crippen molar-refractivity contribution in [3.05, 3.63) is 63.2 Å². The Morgan fingerprint density at radius 1 is 1.16 bits per heavy atom. The maximum Gasteiger partial charge on any atom is 0.271 e. The lowest BCUT2D eigenvalue weighted by Gasteiger charge is -2.33. The highest BCUT2D eigenvalue weighted by atomic mass is 35.5. The Hall–Kier alpha value is -3.38. The van der Waals surface area contributed by atoms with E-state index >= 15 is 0 Å². The lowest BCUT2D eigenvalue weighted by Crippen LogP contribution is -2.53. The van der Waals surface area contributed by atoms with E-state index in [4.69, 9.17) is 16.3 Å². The second-order valence-corrected chi connectivity index (χ2v) is 11.1. The maximum absolute atomic E-state index is 13.8. The molecule has 13 heteroatoms. The summed E-state index contributed by atoms with van der Waals surface area (Å²) in [5, 5.41) is 14.6. The Labute approximate surface area is 227 Å². The van der Waals surface area contributed by atoms with Crippen LogP contribution in [0.2, 0.25) is 5.02 Å². The molecule has 0 heterocycles. The summed E-state index contributed by atoms with van der Waals surface area (Å²) in [7, 11) is -2.84. The van der Waals surface area contributed by atoms with Crippen LogP contribution in [0.4, 0.5) is 11.4 Å². The van der Waals surface area contributed by atoms with Crippen LogP contribution in [0.15, 0.2) is 42.5 Å². The number of methoxy groups -OCH3 is 1. The highest BCUT2D eigenvalue weighted by Crippen LogP contribution is 2.34. The number of nitrogens with zero attached hydrogens (tertiary/aromatic N) is 3. The maximum atomic E-state index is 13.8. The van der Waals surface area contributed by atoms with Crippen LogP contribution in [0, 0.1) is 10.1 Å². The molecule has 0 fully saturated rings. The van der Waals surface area contributed by atoms with Gasteiger partial charge in [-0.1, -0.05) is 43.6 Å². The van der Waals surface area contributed by atoms with Crippen LogP contribution in [0.5, 0.6) is 5.75 Å². The Balaban J connectivity index is 2.58. The zero-order valence-electron chi connectivity index (χ0n) is 22.0. The molecular weight excluding hydrogens is 536 g/mol. The molecule has 0 aliphatic carbocycles. The molecule has 208 valence electrons. The summed E-state index contributed by atoms with van der Waals surface area (Å²) in [5.74, 6) is -1.07. The highest BCUT2D eigenvalue weighted by molar-refractivity contribution is 7.92. The Bertz CT molecular complexity index is 1270. The standard InChI is InChI=1S/C25H33ClN4O7S/c1-6-17(3)27-25(32)21(7-2)28(15-18-10-8-9-11-20(18)26)24(31)16-29(38(5,35)36)22-14-19(30(33)34)12-13-23(22)37-4/h8-14,17,21H,6-7,15-16H2,1-5H3,(H,27,32)/t17-,21+/m1/s1. The number of hydrogen-bond acceptors (Lipinski definition) is 7. The lowest BCUT2D eigenvalue weighted by molar-refractivity contribution is -0.384. The van der Waals surface area contributed by atoms with Crippen molar-refractivity contribution >= 4 is 44.8 Å². The van der Waals surface area contributed by atoms with E-state index in [2.05, 4.69) is 5.32 Å². The molecule has 0 bridgehead atoms. The molecule has 0 saturated carbocycles. The minimum Gasteiger partial charge on any atom is -0.495 e. The molecule has 0 saturated heterocycles. The monoisotopic (exact) mass is 568 g/mol. The van der Waals surface area contributed by atoms with Gasteiger partial charge in [-0.05, 0) is 37.5 Å². The molecule has 11 nitrogen and oxygen atoms in total. The van der Waals surface area contributed by atoms with Crippen molar-refractivity contribution in [1.29, 1.82) is 0 Å². The second kappa shape index (κ2) is 13.4. The molecule has 0 unspecified atom stereocenters. The fraction of sp³-hybridized carbons (Fsp3) is 0.440. The van der Waals surface area contributed by atoms with E-state index in [0.29, 0.717) is 17.0 Å². The number of halogens is 1. The molecule has 2 rings (SSSR count). The number of sulfonamides is 1. The first-order valence-corrected chi connectivity index (χ1v) is 14.2. The average Bonchev–Trinajstić information content (AvgIpc) is 2.86. The summed E-state index contributed by atoms with van der Waals surface area (Å²) < 4.78 is 31.7. The van der Waals surface area contributed by atoms with Crippen LogP contribution < -0.4 is 14.4 Å². The Morgan fingerprint density at radius 3 is 2.34 bits per heavy atom. The van der Waals surface area contributed by atoms with E-state index in [1.807, 2.05) is 13.8 Å². The minimum absolute atomic E-state index is 0.0213. The fourth-order valence-corrected chi connectivity index (χ4v) is 4.79. The van der Waals surface area contributed by atoms with E-state index in [0.717, 1.165) is 16.6 Å². The van der Waals surface area contributed by atoms with E-state index in [1.165, 1.54) is 24.1 Å². The molecular formula is C25H33ClN4O7S. The van der Waals surface area contributed by atoms with Crippen molar-refractivity contribution in [3.8, 4) is 5.75 Å². The number of non-ortho nitro benzene ring substituents is 1. The highest BCUT2D eigenvalue weighted by Gasteiger charge is 2.33. The van der Waals surface area contributed by atoms with Gasteiger partial charge in [-0.25, -0.2) is 8.42 Å². The van der Waals surface area contributed by atoms with Gasteiger partial charge in [-0.2, -0.15) is 0 Å². The van der Waals surface area contributed by atoms with E-state index < -0.39 is 33.4 Å². The molecule has 2 amide bonds. The SMILES string of the molecule is CC[C@@H](C)NC(=O)[C@H](CC)N(Cc1ccccc1Cl)C(=O)CN(c1cc([N+](=O)[O-])ccc1OC)S(C)(=O)=O. The summed E-state index contributed by atoms with van der Waals surface area (Å²) in [4.78, 5) is 38.9. The van der Waals surface area contributed by atoms with Crippen molar-refractivity contribution in [1.82, 2.24) is 10.2 Å². The normalized spacial score (nSPS) is 12.8. The number of carbonyl (C=O) groups excluding carboxylic acids is 2. The number of hydrogen-bond donors (Lipinski definition) is 1. The first-order chi connectivity index (χ1) is 17.8. The summed E-state index contributed by atoms with van der Waals surface area (Å²) in [5.41, 5.74) is 0.0117. The molecule has 2 aromatic carbocycles. The molecule has 38 heavy (non-hydrogen) atoms. The van der Waals surface area contributed by atoms with E-state index in [-0.39, 0.29) is 42.0 Å². The van der Waals surface area contributed by atoms with Gasteiger partial charge in [-0.3, -0.25) is 24.0 Å². The predicted molar refractivity (Wildman–Crippen MR) is 146 cm³/mol. The van der Waals surface area contributed by atoms with Gasteiger partial charge in [0.15, 0.2) is 0 Å². The van der Waals surface area contributed by atoms with E-state index in [1.54, 1.807) is 31.2 Å².